The summed E-state index contributed by atoms with van der Waals surface area (Å²) >= 11 is 1.57. The Hall–Kier alpha value is -0.950. The first kappa shape index (κ1) is 16.1. The van der Waals surface area contributed by atoms with Gasteiger partial charge in [-0.15, -0.1) is 0 Å². The van der Waals surface area contributed by atoms with Crippen LogP contribution in [-0.2, 0) is 9.53 Å². The minimum atomic E-state index is -0.983. The van der Waals surface area contributed by atoms with Gasteiger partial charge in [-0.25, -0.2) is 9.59 Å². The normalized spacial score (nSPS) is 20.9. The average molecular weight is 290 g/mol. The Labute approximate surface area is 117 Å². The SMILES string of the molecule is CCC1COCCN1C(=O)NC(CCSC)C(=O)O. The topological polar surface area (TPSA) is 78.9 Å². The number of nitrogens with one attached hydrogen (secondary N) is 1. The molecule has 0 saturated carbocycles. The van der Waals surface area contributed by atoms with Gasteiger partial charge >= 0.3 is 12.0 Å². The number of rotatable bonds is 6. The molecule has 6 nitrogen and oxygen atoms in total. The van der Waals surface area contributed by atoms with Crippen LogP contribution in [0.4, 0.5) is 4.79 Å². The lowest BCUT2D eigenvalue weighted by atomic mass is 10.2. The maximum absolute atomic E-state index is 12.1. The van der Waals surface area contributed by atoms with Crippen LogP contribution in [0.1, 0.15) is 19.8 Å². The van der Waals surface area contributed by atoms with Crippen molar-refractivity contribution in [3.63, 3.8) is 0 Å². The van der Waals surface area contributed by atoms with Crippen LogP contribution in [0.2, 0.25) is 0 Å². The minimum Gasteiger partial charge on any atom is -0.480 e. The first-order valence-electron chi connectivity index (χ1n) is 6.46. The minimum absolute atomic E-state index is 0.0312. The summed E-state index contributed by atoms with van der Waals surface area (Å²) in [5.74, 6) is -0.277. The smallest absolute Gasteiger partial charge is 0.326 e. The van der Waals surface area contributed by atoms with E-state index < -0.39 is 12.0 Å². The number of ether oxygens (including phenoxy) is 1. The Bertz CT molecular complexity index is 314. The number of hydrogen-bond acceptors (Lipinski definition) is 4. The molecule has 7 heteroatoms. The zero-order chi connectivity index (χ0) is 14.3. The van der Waals surface area contributed by atoms with Gasteiger partial charge in [0.2, 0.25) is 0 Å². The molecule has 0 aliphatic carbocycles. The highest BCUT2D eigenvalue weighted by Crippen LogP contribution is 2.11. The third-order valence-corrected chi connectivity index (χ3v) is 3.81. The summed E-state index contributed by atoms with van der Waals surface area (Å²) in [5.41, 5.74) is 0. The Kier molecular flexibility index (Phi) is 7.01. The lowest BCUT2D eigenvalue weighted by Gasteiger charge is -2.35. The molecule has 2 amide bonds. The van der Waals surface area contributed by atoms with Crippen LogP contribution in [0.3, 0.4) is 0 Å². The molecule has 110 valence electrons. The number of aliphatic carboxylic acids is 1. The van der Waals surface area contributed by atoms with Gasteiger partial charge in [0.05, 0.1) is 19.3 Å². The number of urea groups is 1. The predicted molar refractivity (Wildman–Crippen MR) is 74.6 cm³/mol. The monoisotopic (exact) mass is 290 g/mol. The van der Waals surface area contributed by atoms with Crippen molar-refractivity contribution in [2.75, 3.05) is 31.8 Å². The average Bonchev–Trinajstić information content (AvgIpc) is 2.42. The van der Waals surface area contributed by atoms with Gasteiger partial charge in [-0.05, 0) is 24.9 Å². The highest BCUT2D eigenvalue weighted by molar-refractivity contribution is 7.98. The second kappa shape index (κ2) is 8.27. The molecule has 1 heterocycles. The van der Waals surface area contributed by atoms with Crippen molar-refractivity contribution in [3.8, 4) is 0 Å². The summed E-state index contributed by atoms with van der Waals surface area (Å²) in [6.45, 7) is 3.53. The maximum Gasteiger partial charge on any atom is 0.326 e. The number of carbonyl (C=O) groups excluding carboxylic acids is 1. The van der Waals surface area contributed by atoms with Crippen molar-refractivity contribution < 1.29 is 19.4 Å². The lowest BCUT2D eigenvalue weighted by molar-refractivity contribution is -0.139. The van der Waals surface area contributed by atoms with Gasteiger partial charge in [-0.2, -0.15) is 11.8 Å². The second-order valence-corrected chi connectivity index (χ2v) is 5.44. The summed E-state index contributed by atoms with van der Waals surface area (Å²) in [7, 11) is 0. The summed E-state index contributed by atoms with van der Waals surface area (Å²) in [6.07, 6.45) is 3.15. The van der Waals surface area contributed by atoms with E-state index >= 15 is 0 Å². The van der Waals surface area contributed by atoms with Crippen LogP contribution in [0.5, 0.6) is 0 Å². The van der Waals surface area contributed by atoms with Crippen molar-refractivity contribution in [1.82, 2.24) is 10.2 Å². The van der Waals surface area contributed by atoms with Crippen LogP contribution in [-0.4, -0.2) is 65.9 Å². The Morgan fingerprint density at radius 1 is 1.58 bits per heavy atom. The molecule has 0 aromatic rings. The fourth-order valence-corrected chi connectivity index (χ4v) is 2.46. The zero-order valence-corrected chi connectivity index (χ0v) is 12.2. The lowest BCUT2D eigenvalue weighted by Crippen LogP contribution is -2.55. The fraction of sp³-hybridized carbons (Fsp3) is 0.833. The Morgan fingerprint density at radius 3 is 2.89 bits per heavy atom. The molecule has 1 saturated heterocycles. The van der Waals surface area contributed by atoms with Gasteiger partial charge in [0, 0.05) is 6.54 Å². The molecule has 0 radical (unpaired) electrons. The Balaban J connectivity index is 2.56. The van der Waals surface area contributed by atoms with Crippen molar-refractivity contribution in [3.05, 3.63) is 0 Å². The molecule has 2 atom stereocenters. The van der Waals surface area contributed by atoms with Crippen LogP contribution in [0.25, 0.3) is 0 Å². The number of hydrogen-bond donors (Lipinski definition) is 2. The molecule has 0 aromatic heterocycles. The summed E-state index contributed by atoms with van der Waals surface area (Å²) < 4.78 is 5.33. The second-order valence-electron chi connectivity index (χ2n) is 4.45. The van der Waals surface area contributed by atoms with Crippen molar-refractivity contribution in [1.29, 1.82) is 0 Å². The molecule has 0 aromatic carbocycles. The standard InChI is InChI=1S/C12H22N2O4S/c1-3-9-8-18-6-5-14(9)12(17)13-10(11(15)16)4-7-19-2/h9-10H,3-8H2,1-2H3,(H,13,17)(H,15,16). The first-order chi connectivity index (χ1) is 9.10. The van der Waals surface area contributed by atoms with E-state index in [0.717, 1.165) is 6.42 Å². The number of thioether (sulfide) groups is 1. The van der Waals surface area contributed by atoms with E-state index in [4.69, 9.17) is 9.84 Å². The predicted octanol–water partition coefficient (Wildman–Crippen LogP) is 1.01. The van der Waals surface area contributed by atoms with Crippen LogP contribution in [0, 0.1) is 0 Å². The fourth-order valence-electron chi connectivity index (χ4n) is 1.99. The van der Waals surface area contributed by atoms with Gasteiger partial charge in [-0.1, -0.05) is 6.92 Å². The molecule has 0 spiro atoms. The summed E-state index contributed by atoms with van der Waals surface area (Å²) in [4.78, 5) is 24.9. The van der Waals surface area contributed by atoms with E-state index in [1.54, 1.807) is 16.7 Å². The van der Waals surface area contributed by atoms with Crippen molar-refractivity contribution >= 4 is 23.8 Å². The third kappa shape index (κ3) is 4.91. The largest absolute Gasteiger partial charge is 0.480 e. The summed E-state index contributed by atoms with van der Waals surface area (Å²) in [5, 5.41) is 11.7. The van der Waals surface area contributed by atoms with Crippen LogP contribution in [0.15, 0.2) is 0 Å². The molecule has 2 N–H and O–H groups in total. The quantitative estimate of drug-likeness (QED) is 0.763. The van der Waals surface area contributed by atoms with E-state index in [2.05, 4.69) is 5.32 Å². The Morgan fingerprint density at radius 2 is 2.32 bits per heavy atom. The maximum atomic E-state index is 12.1. The molecule has 1 fully saturated rings. The first-order valence-corrected chi connectivity index (χ1v) is 7.86. The number of amides is 2. The number of carbonyl (C=O) groups is 2. The zero-order valence-electron chi connectivity index (χ0n) is 11.4. The molecule has 19 heavy (non-hydrogen) atoms. The number of nitrogens with zero attached hydrogens (tertiary/aromatic N) is 1. The van der Waals surface area contributed by atoms with Crippen LogP contribution < -0.4 is 5.32 Å². The molecular formula is C12H22N2O4S. The highest BCUT2D eigenvalue weighted by atomic mass is 32.2. The van der Waals surface area contributed by atoms with E-state index in [1.165, 1.54) is 0 Å². The van der Waals surface area contributed by atoms with Gasteiger partial charge < -0.3 is 20.1 Å². The van der Waals surface area contributed by atoms with E-state index in [9.17, 15) is 9.59 Å². The molecular weight excluding hydrogens is 268 g/mol. The molecule has 1 aliphatic rings. The van der Waals surface area contributed by atoms with Gasteiger partial charge in [0.15, 0.2) is 0 Å². The van der Waals surface area contributed by atoms with Crippen LogP contribution >= 0.6 is 11.8 Å². The van der Waals surface area contributed by atoms with E-state index in [-0.39, 0.29) is 12.1 Å². The molecule has 0 bridgehead atoms. The molecule has 1 rings (SSSR count). The number of carboxylic acids is 1. The number of carboxylic acid groups (broad SMARTS) is 1. The highest BCUT2D eigenvalue weighted by Gasteiger charge is 2.29. The van der Waals surface area contributed by atoms with Gasteiger partial charge in [0.1, 0.15) is 6.04 Å². The van der Waals surface area contributed by atoms with Crippen molar-refractivity contribution in [2.24, 2.45) is 0 Å². The molecule has 2 unspecified atom stereocenters. The summed E-state index contributed by atoms with van der Waals surface area (Å²) in [6, 6.07) is -1.09. The third-order valence-electron chi connectivity index (χ3n) is 3.17. The van der Waals surface area contributed by atoms with E-state index in [1.807, 2.05) is 13.2 Å². The van der Waals surface area contributed by atoms with Gasteiger partial charge in [-0.3, -0.25) is 0 Å². The number of morpholine rings is 1. The van der Waals surface area contributed by atoms with Gasteiger partial charge in [0.25, 0.3) is 0 Å². The van der Waals surface area contributed by atoms with Crippen molar-refractivity contribution in [2.45, 2.75) is 31.8 Å². The molecule has 1 aliphatic heterocycles. The van der Waals surface area contributed by atoms with E-state index in [0.29, 0.717) is 31.9 Å².